The van der Waals surface area contributed by atoms with Gasteiger partial charge in [-0.2, -0.15) is 0 Å². The topological polar surface area (TPSA) is 79.7 Å². The van der Waals surface area contributed by atoms with E-state index in [0.29, 0.717) is 28.2 Å². The van der Waals surface area contributed by atoms with E-state index in [1.807, 2.05) is 0 Å². The number of methoxy groups -OCH3 is 3. The number of carbonyl (C=O) groups excluding carboxylic acids is 1. The lowest BCUT2D eigenvalue weighted by Gasteiger charge is -2.14. The highest BCUT2D eigenvalue weighted by molar-refractivity contribution is 7.18. The molecule has 0 radical (unpaired) electrons. The zero-order valence-electron chi connectivity index (χ0n) is 15.9. The summed E-state index contributed by atoms with van der Waals surface area (Å²) < 4.78 is 17.3. The fraction of sp³-hybridized carbons (Fsp3) is 0.350. The van der Waals surface area contributed by atoms with Gasteiger partial charge in [-0.05, 0) is 37.0 Å². The number of aryl methyl sites for hydroxylation is 2. The van der Waals surface area contributed by atoms with Crippen molar-refractivity contribution in [3.63, 3.8) is 0 Å². The molecule has 4 rings (SSSR count). The predicted molar refractivity (Wildman–Crippen MR) is 106 cm³/mol. The molecule has 1 aromatic carbocycles. The van der Waals surface area contributed by atoms with Crippen LogP contribution in [0.4, 0.5) is 0 Å². The Morgan fingerprint density at radius 2 is 1.86 bits per heavy atom. The highest BCUT2D eigenvalue weighted by Crippen LogP contribution is 2.38. The number of benzene rings is 1. The van der Waals surface area contributed by atoms with Crippen molar-refractivity contribution < 1.29 is 19.0 Å². The molecule has 0 N–H and O–H groups in total. The monoisotopic (exact) mass is 400 g/mol. The lowest BCUT2D eigenvalue weighted by atomic mass is 10.1. The molecule has 0 saturated carbocycles. The van der Waals surface area contributed by atoms with Crippen molar-refractivity contribution in [1.82, 2.24) is 9.55 Å². The van der Waals surface area contributed by atoms with E-state index in [1.165, 1.54) is 37.1 Å². The molecule has 0 amide bonds. The van der Waals surface area contributed by atoms with E-state index in [-0.39, 0.29) is 17.9 Å². The number of ketones is 1. The van der Waals surface area contributed by atoms with Crippen LogP contribution in [0.25, 0.3) is 10.2 Å². The molecular formula is C20H20N2O5S. The molecule has 0 aliphatic heterocycles. The maximum absolute atomic E-state index is 13.0. The van der Waals surface area contributed by atoms with Crippen molar-refractivity contribution in [2.75, 3.05) is 21.3 Å². The molecule has 7 nitrogen and oxygen atoms in total. The standard InChI is InChI=1S/C20H20N2O5S/c1-25-14-7-11(8-15(26-2)18(14)27-3)13(23)9-22-10-21-19-17(20(22)24)12-5-4-6-16(12)28-19/h7-8,10H,4-6,9H2,1-3H3. The molecule has 146 valence electrons. The zero-order valence-corrected chi connectivity index (χ0v) is 16.7. The maximum atomic E-state index is 13.0. The summed E-state index contributed by atoms with van der Waals surface area (Å²) >= 11 is 1.58. The second-order valence-electron chi connectivity index (χ2n) is 6.55. The Labute approximate surface area is 165 Å². The zero-order chi connectivity index (χ0) is 19.8. The molecular weight excluding hydrogens is 380 g/mol. The highest BCUT2D eigenvalue weighted by Gasteiger charge is 2.22. The van der Waals surface area contributed by atoms with Crippen LogP contribution in [0.5, 0.6) is 17.2 Å². The lowest BCUT2D eigenvalue weighted by Crippen LogP contribution is -2.24. The molecule has 8 heteroatoms. The summed E-state index contributed by atoms with van der Waals surface area (Å²) in [7, 11) is 4.48. The molecule has 0 saturated heterocycles. The van der Waals surface area contributed by atoms with Crippen LogP contribution in [0.3, 0.4) is 0 Å². The number of nitrogens with zero attached hydrogens (tertiary/aromatic N) is 2. The molecule has 0 bridgehead atoms. The second kappa shape index (κ2) is 7.27. The molecule has 3 aromatic rings. The van der Waals surface area contributed by atoms with Crippen molar-refractivity contribution in [2.24, 2.45) is 0 Å². The van der Waals surface area contributed by atoms with Crippen LogP contribution in [-0.2, 0) is 19.4 Å². The van der Waals surface area contributed by atoms with Crippen LogP contribution in [0, 0.1) is 0 Å². The van der Waals surface area contributed by atoms with E-state index in [2.05, 4.69) is 4.98 Å². The third-order valence-corrected chi connectivity index (χ3v) is 6.19. The average Bonchev–Trinajstić information content (AvgIpc) is 3.29. The first-order valence-corrected chi connectivity index (χ1v) is 9.72. The molecule has 1 aliphatic carbocycles. The van der Waals surface area contributed by atoms with Crippen molar-refractivity contribution in [2.45, 2.75) is 25.8 Å². The van der Waals surface area contributed by atoms with Crippen LogP contribution in [-0.4, -0.2) is 36.7 Å². The number of hydrogen-bond donors (Lipinski definition) is 0. The fourth-order valence-electron chi connectivity index (χ4n) is 3.62. The molecule has 2 heterocycles. The van der Waals surface area contributed by atoms with Gasteiger partial charge in [0.2, 0.25) is 5.75 Å². The van der Waals surface area contributed by atoms with Gasteiger partial charge in [-0.25, -0.2) is 4.98 Å². The third kappa shape index (κ3) is 2.93. The minimum absolute atomic E-state index is 0.106. The minimum Gasteiger partial charge on any atom is -0.493 e. The van der Waals surface area contributed by atoms with E-state index in [4.69, 9.17) is 14.2 Å². The minimum atomic E-state index is -0.241. The quantitative estimate of drug-likeness (QED) is 0.592. The van der Waals surface area contributed by atoms with Crippen molar-refractivity contribution in [3.05, 3.63) is 44.8 Å². The number of hydrogen-bond acceptors (Lipinski definition) is 7. The molecule has 0 spiro atoms. The number of fused-ring (bicyclic) bond motifs is 3. The smallest absolute Gasteiger partial charge is 0.262 e. The molecule has 1 aliphatic rings. The summed E-state index contributed by atoms with van der Waals surface area (Å²) in [5, 5.41) is 0.665. The Kier molecular flexibility index (Phi) is 4.80. The van der Waals surface area contributed by atoms with E-state index in [9.17, 15) is 9.59 Å². The molecule has 0 fully saturated rings. The van der Waals surface area contributed by atoms with Crippen LogP contribution < -0.4 is 19.8 Å². The SMILES string of the molecule is COc1cc(C(=O)Cn2cnc3sc4c(c3c2=O)CCC4)cc(OC)c1OC. The van der Waals surface area contributed by atoms with Crippen molar-refractivity contribution in [1.29, 1.82) is 0 Å². The summed E-state index contributed by atoms with van der Waals surface area (Å²) in [6, 6.07) is 3.17. The predicted octanol–water partition coefficient (Wildman–Crippen LogP) is 2.86. The van der Waals surface area contributed by atoms with Gasteiger partial charge in [0.15, 0.2) is 17.3 Å². The Bertz CT molecular complexity index is 1110. The van der Waals surface area contributed by atoms with Gasteiger partial charge in [0, 0.05) is 10.4 Å². The number of carbonyl (C=O) groups is 1. The number of aromatic nitrogens is 2. The van der Waals surface area contributed by atoms with Gasteiger partial charge in [0.05, 0.1) is 39.6 Å². The maximum Gasteiger partial charge on any atom is 0.262 e. The Morgan fingerprint density at radius 1 is 1.14 bits per heavy atom. The first kappa shape index (κ1) is 18.5. The summed E-state index contributed by atoms with van der Waals surface area (Å²) in [5.74, 6) is 0.952. The molecule has 28 heavy (non-hydrogen) atoms. The lowest BCUT2D eigenvalue weighted by molar-refractivity contribution is 0.0970. The summed E-state index contributed by atoms with van der Waals surface area (Å²) in [6.45, 7) is -0.106. The molecule has 0 atom stereocenters. The van der Waals surface area contributed by atoms with Crippen molar-refractivity contribution >= 4 is 27.3 Å². The Hall–Kier alpha value is -2.87. The Balaban J connectivity index is 1.71. The van der Waals surface area contributed by atoms with Gasteiger partial charge in [-0.3, -0.25) is 14.2 Å². The third-order valence-electron chi connectivity index (χ3n) is 4.99. The van der Waals surface area contributed by atoms with E-state index in [1.54, 1.807) is 23.5 Å². The molecule has 2 aromatic heterocycles. The van der Waals surface area contributed by atoms with E-state index < -0.39 is 0 Å². The largest absolute Gasteiger partial charge is 0.493 e. The second-order valence-corrected chi connectivity index (χ2v) is 7.64. The summed E-state index contributed by atoms with van der Waals surface area (Å²) in [6.07, 6.45) is 4.42. The number of Topliss-reactive ketones (excluding diaryl/α,β-unsaturated/α-hetero) is 1. The van der Waals surface area contributed by atoms with Gasteiger partial charge in [0.25, 0.3) is 5.56 Å². The number of rotatable bonds is 6. The fourth-order valence-corrected chi connectivity index (χ4v) is 4.84. The van der Waals surface area contributed by atoms with Gasteiger partial charge in [-0.1, -0.05) is 0 Å². The van der Waals surface area contributed by atoms with Gasteiger partial charge in [0.1, 0.15) is 4.83 Å². The first-order valence-electron chi connectivity index (χ1n) is 8.90. The van der Waals surface area contributed by atoms with Crippen LogP contribution in [0.15, 0.2) is 23.3 Å². The highest BCUT2D eigenvalue weighted by atomic mass is 32.1. The first-order chi connectivity index (χ1) is 13.6. The van der Waals surface area contributed by atoms with Crippen molar-refractivity contribution in [3.8, 4) is 17.2 Å². The van der Waals surface area contributed by atoms with Crippen LogP contribution in [0.2, 0.25) is 0 Å². The van der Waals surface area contributed by atoms with Gasteiger partial charge < -0.3 is 14.2 Å². The van der Waals surface area contributed by atoms with Crippen LogP contribution >= 0.6 is 11.3 Å². The van der Waals surface area contributed by atoms with Gasteiger partial charge in [-0.15, -0.1) is 11.3 Å². The van der Waals surface area contributed by atoms with Crippen LogP contribution in [0.1, 0.15) is 27.2 Å². The summed E-state index contributed by atoms with van der Waals surface area (Å²) in [5.41, 5.74) is 1.31. The normalized spacial score (nSPS) is 12.8. The summed E-state index contributed by atoms with van der Waals surface area (Å²) in [4.78, 5) is 32.3. The Morgan fingerprint density at radius 3 is 2.50 bits per heavy atom. The number of ether oxygens (including phenoxy) is 3. The molecule has 0 unspecified atom stereocenters. The average molecular weight is 400 g/mol. The van der Waals surface area contributed by atoms with Gasteiger partial charge >= 0.3 is 0 Å². The van der Waals surface area contributed by atoms with E-state index >= 15 is 0 Å². The number of thiophene rings is 1. The van der Waals surface area contributed by atoms with E-state index in [0.717, 1.165) is 29.7 Å².